The topological polar surface area (TPSA) is 71.4 Å². The first kappa shape index (κ1) is 20.9. The zero-order chi connectivity index (χ0) is 17.8. The lowest BCUT2D eigenvalue weighted by atomic mass is 9.89. The number of thioether (sulfide) groups is 1. The summed E-state index contributed by atoms with van der Waals surface area (Å²) in [4.78, 5) is 33.7. The summed E-state index contributed by atoms with van der Waals surface area (Å²) in [6, 6.07) is 0. The van der Waals surface area contributed by atoms with E-state index in [1.54, 1.807) is 0 Å². The molecule has 2 atom stereocenters. The van der Waals surface area contributed by atoms with Crippen molar-refractivity contribution in [2.24, 2.45) is 11.8 Å². The van der Waals surface area contributed by atoms with Crippen molar-refractivity contribution in [1.82, 2.24) is 0 Å². The molecule has 136 valence electrons. The summed E-state index contributed by atoms with van der Waals surface area (Å²) in [5, 5.41) is 7.76. The SMILES string of the molecule is CCC(=O)CCCC=C[C@H]1CCC(=O)[C@@H]1CCCCCSC(=O)O. The van der Waals surface area contributed by atoms with Crippen molar-refractivity contribution in [3.05, 3.63) is 12.2 Å². The fourth-order valence-electron chi connectivity index (χ4n) is 3.21. The summed E-state index contributed by atoms with van der Waals surface area (Å²) in [7, 11) is 0. The molecule has 1 N–H and O–H groups in total. The van der Waals surface area contributed by atoms with Gasteiger partial charge in [0.15, 0.2) is 0 Å². The molecule has 1 fully saturated rings. The Morgan fingerprint density at radius 2 is 2.04 bits per heavy atom. The number of carboxylic acid groups (broad SMARTS) is 1. The van der Waals surface area contributed by atoms with Crippen LogP contribution in [0.2, 0.25) is 0 Å². The quantitative estimate of drug-likeness (QED) is 0.382. The largest absolute Gasteiger partial charge is 0.473 e. The molecular weight excluding hydrogens is 324 g/mol. The first-order valence-corrected chi connectivity index (χ1v) is 10.1. The van der Waals surface area contributed by atoms with Crippen LogP contribution in [0.25, 0.3) is 0 Å². The fourth-order valence-corrected chi connectivity index (χ4v) is 3.73. The monoisotopic (exact) mass is 354 g/mol. The third kappa shape index (κ3) is 8.67. The lowest BCUT2D eigenvalue weighted by Gasteiger charge is -2.14. The van der Waals surface area contributed by atoms with Gasteiger partial charge >= 0.3 is 5.30 Å². The van der Waals surface area contributed by atoms with E-state index in [0.29, 0.717) is 42.5 Å². The molecule has 1 rings (SSSR count). The van der Waals surface area contributed by atoms with Crippen LogP contribution >= 0.6 is 11.8 Å². The highest BCUT2D eigenvalue weighted by atomic mass is 32.2. The summed E-state index contributed by atoms with van der Waals surface area (Å²) in [5.41, 5.74) is 0. The maximum Gasteiger partial charge on any atom is 0.364 e. The minimum absolute atomic E-state index is 0.144. The molecule has 24 heavy (non-hydrogen) atoms. The molecule has 0 unspecified atom stereocenters. The third-order valence-corrected chi connectivity index (χ3v) is 5.38. The average Bonchev–Trinajstić information content (AvgIpc) is 2.90. The number of hydrogen-bond donors (Lipinski definition) is 1. The van der Waals surface area contributed by atoms with E-state index in [9.17, 15) is 14.4 Å². The number of Topliss-reactive ketones (excluding diaryl/α,β-unsaturated/α-hetero) is 2. The molecule has 0 amide bonds. The molecule has 0 bridgehead atoms. The average molecular weight is 355 g/mol. The van der Waals surface area contributed by atoms with Crippen molar-refractivity contribution in [1.29, 1.82) is 0 Å². The first-order chi connectivity index (χ1) is 11.5. The van der Waals surface area contributed by atoms with E-state index in [1.165, 1.54) is 0 Å². The molecule has 0 aromatic heterocycles. The van der Waals surface area contributed by atoms with E-state index in [4.69, 9.17) is 5.11 Å². The highest BCUT2D eigenvalue weighted by Crippen LogP contribution is 2.34. The van der Waals surface area contributed by atoms with Crippen LogP contribution in [-0.2, 0) is 9.59 Å². The van der Waals surface area contributed by atoms with E-state index in [0.717, 1.165) is 56.7 Å². The first-order valence-electron chi connectivity index (χ1n) is 9.11. The lowest BCUT2D eigenvalue weighted by molar-refractivity contribution is -0.121. The third-order valence-electron chi connectivity index (χ3n) is 4.64. The molecule has 0 aliphatic heterocycles. The molecule has 0 spiro atoms. The molecule has 0 saturated heterocycles. The maximum absolute atomic E-state index is 12.1. The van der Waals surface area contributed by atoms with Gasteiger partial charge in [0.25, 0.3) is 0 Å². The van der Waals surface area contributed by atoms with Gasteiger partial charge in [-0.15, -0.1) is 0 Å². The number of ketones is 2. The number of unbranched alkanes of at least 4 members (excludes halogenated alkanes) is 3. The molecule has 4 nitrogen and oxygen atoms in total. The maximum atomic E-state index is 12.1. The van der Waals surface area contributed by atoms with Crippen molar-refractivity contribution in [3.8, 4) is 0 Å². The molecule has 1 aliphatic rings. The summed E-state index contributed by atoms with van der Waals surface area (Å²) in [5.74, 6) is 1.84. The van der Waals surface area contributed by atoms with Crippen LogP contribution in [0, 0.1) is 11.8 Å². The Kier molecular flexibility index (Phi) is 10.7. The Balaban J connectivity index is 2.22. The summed E-state index contributed by atoms with van der Waals surface area (Å²) in [6.45, 7) is 1.90. The second-order valence-corrected chi connectivity index (χ2v) is 7.50. The van der Waals surface area contributed by atoms with Gasteiger partial charge in [0.2, 0.25) is 0 Å². The molecule has 0 heterocycles. The van der Waals surface area contributed by atoms with Crippen LogP contribution in [-0.4, -0.2) is 27.7 Å². The summed E-state index contributed by atoms with van der Waals surface area (Å²) in [6.07, 6.45) is 12.8. The van der Waals surface area contributed by atoms with Gasteiger partial charge in [-0.3, -0.25) is 9.59 Å². The Morgan fingerprint density at radius 3 is 2.75 bits per heavy atom. The van der Waals surface area contributed by atoms with E-state index in [-0.39, 0.29) is 5.92 Å². The normalized spacial score (nSPS) is 20.8. The Bertz CT molecular complexity index is 445. The standard InChI is InChI=1S/C19H30O4S/c1-2-16(20)10-6-3-5-9-15-12-13-18(21)17(15)11-7-4-8-14-24-19(22)23/h5,9,15,17H,2-4,6-8,10-14H2,1H3,(H,22,23)/t15-,17+/m0/s1. The second kappa shape index (κ2) is 12.3. The molecule has 0 aromatic carbocycles. The van der Waals surface area contributed by atoms with E-state index in [2.05, 4.69) is 12.2 Å². The van der Waals surface area contributed by atoms with Gasteiger partial charge in [0, 0.05) is 30.9 Å². The smallest absolute Gasteiger partial charge is 0.364 e. The summed E-state index contributed by atoms with van der Waals surface area (Å²) >= 11 is 0.949. The van der Waals surface area contributed by atoms with E-state index < -0.39 is 5.30 Å². The number of carbonyl (C=O) groups is 3. The Labute approximate surface area is 149 Å². The highest BCUT2D eigenvalue weighted by Gasteiger charge is 2.32. The van der Waals surface area contributed by atoms with Gasteiger partial charge in [-0.05, 0) is 49.8 Å². The second-order valence-electron chi connectivity index (χ2n) is 6.45. The predicted molar refractivity (Wildman–Crippen MR) is 98.5 cm³/mol. The number of allylic oxidation sites excluding steroid dienone is 2. The van der Waals surface area contributed by atoms with Gasteiger partial charge in [-0.1, -0.05) is 31.9 Å². The van der Waals surface area contributed by atoms with Crippen molar-refractivity contribution in [2.75, 3.05) is 5.75 Å². The number of hydrogen-bond acceptors (Lipinski definition) is 4. The van der Waals surface area contributed by atoms with E-state index >= 15 is 0 Å². The van der Waals surface area contributed by atoms with Crippen molar-refractivity contribution in [3.63, 3.8) is 0 Å². The van der Waals surface area contributed by atoms with Crippen LogP contribution in [0.1, 0.15) is 71.1 Å². The summed E-state index contributed by atoms with van der Waals surface area (Å²) < 4.78 is 0. The number of carbonyl (C=O) groups excluding carboxylic acids is 2. The van der Waals surface area contributed by atoms with Crippen LogP contribution in [0.5, 0.6) is 0 Å². The lowest BCUT2D eigenvalue weighted by Crippen LogP contribution is -2.13. The van der Waals surface area contributed by atoms with Crippen molar-refractivity contribution >= 4 is 28.6 Å². The van der Waals surface area contributed by atoms with Gasteiger partial charge in [-0.25, -0.2) is 4.79 Å². The molecule has 0 aromatic rings. The Hall–Kier alpha value is -1.10. The van der Waals surface area contributed by atoms with Crippen LogP contribution in [0.3, 0.4) is 0 Å². The minimum Gasteiger partial charge on any atom is -0.473 e. The number of rotatable bonds is 12. The predicted octanol–water partition coefficient (Wildman–Crippen LogP) is 5.26. The molecule has 0 radical (unpaired) electrons. The highest BCUT2D eigenvalue weighted by molar-refractivity contribution is 8.13. The van der Waals surface area contributed by atoms with Crippen molar-refractivity contribution in [2.45, 2.75) is 71.1 Å². The van der Waals surface area contributed by atoms with Crippen LogP contribution in [0.4, 0.5) is 4.79 Å². The fraction of sp³-hybridized carbons (Fsp3) is 0.737. The zero-order valence-electron chi connectivity index (χ0n) is 14.7. The Morgan fingerprint density at radius 1 is 1.25 bits per heavy atom. The van der Waals surface area contributed by atoms with Gasteiger partial charge in [0.05, 0.1) is 0 Å². The molecule has 5 heteroatoms. The van der Waals surface area contributed by atoms with Crippen molar-refractivity contribution < 1.29 is 19.5 Å². The molecule has 1 saturated carbocycles. The van der Waals surface area contributed by atoms with Gasteiger partial charge in [-0.2, -0.15) is 0 Å². The van der Waals surface area contributed by atoms with E-state index in [1.807, 2.05) is 6.92 Å². The zero-order valence-corrected chi connectivity index (χ0v) is 15.5. The van der Waals surface area contributed by atoms with Gasteiger partial charge in [0.1, 0.15) is 11.6 Å². The van der Waals surface area contributed by atoms with Gasteiger partial charge < -0.3 is 5.11 Å². The minimum atomic E-state index is -0.813. The van der Waals surface area contributed by atoms with Crippen LogP contribution in [0.15, 0.2) is 12.2 Å². The van der Waals surface area contributed by atoms with Crippen LogP contribution < -0.4 is 0 Å². The molecular formula is C19H30O4S. The molecule has 1 aliphatic carbocycles.